The SMILES string of the molecule is CN(C)S(=O)(=O)c1ccc2c(c1)nc(CCC(=O)OCc1ccc(S(=O)(=O)N(C)C)o1)n2C. The van der Waals surface area contributed by atoms with Gasteiger partial charge in [0.2, 0.25) is 15.1 Å². The van der Waals surface area contributed by atoms with Crippen LogP contribution in [0.4, 0.5) is 0 Å². The Bertz CT molecular complexity index is 1390. The molecule has 0 aliphatic heterocycles. The second-order valence-corrected chi connectivity index (χ2v) is 11.9. The number of aromatic nitrogens is 2. The van der Waals surface area contributed by atoms with Crippen LogP contribution in [0.1, 0.15) is 18.0 Å². The third-order valence-electron chi connectivity index (χ3n) is 5.02. The molecule has 0 N–H and O–H groups in total. The second-order valence-electron chi connectivity index (χ2n) is 7.69. The molecule has 0 radical (unpaired) electrons. The van der Waals surface area contributed by atoms with Crippen molar-refractivity contribution in [2.75, 3.05) is 28.2 Å². The van der Waals surface area contributed by atoms with Crippen LogP contribution >= 0.6 is 0 Å². The highest BCUT2D eigenvalue weighted by Crippen LogP contribution is 2.22. The van der Waals surface area contributed by atoms with Crippen molar-refractivity contribution in [1.29, 1.82) is 0 Å². The maximum Gasteiger partial charge on any atom is 0.306 e. The number of hydrogen-bond donors (Lipinski definition) is 0. The lowest BCUT2D eigenvalue weighted by Gasteiger charge is -2.10. The molecule has 0 fully saturated rings. The summed E-state index contributed by atoms with van der Waals surface area (Å²) < 4.78 is 63.2. The number of rotatable bonds is 9. The molecule has 0 aliphatic rings. The average Bonchev–Trinajstić information content (AvgIpc) is 3.35. The van der Waals surface area contributed by atoms with Gasteiger partial charge in [-0.3, -0.25) is 4.79 Å². The first kappa shape index (κ1) is 24.9. The molecule has 2 heterocycles. The number of furan rings is 1. The lowest BCUT2D eigenvalue weighted by atomic mass is 10.3. The van der Waals surface area contributed by atoms with Crippen molar-refractivity contribution in [1.82, 2.24) is 18.2 Å². The summed E-state index contributed by atoms with van der Waals surface area (Å²) in [6, 6.07) is 7.45. The minimum absolute atomic E-state index is 0.0313. The second kappa shape index (κ2) is 9.25. The number of imidazole rings is 1. The van der Waals surface area contributed by atoms with Crippen LogP contribution in [0.5, 0.6) is 0 Å². The van der Waals surface area contributed by atoms with Crippen molar-refractivity contribution >= 4 is 37.0 Å². The van der Waals surface area contributed by atoms with Gasteiger partial charge in [-0.15, -0.1) is 0 Å². The molecular weight excluding hydrogens is 472 g/mol. The first-order chi connectivity index (χ1) is 15.3. The van der Waals surface area contributed by atoms with Crippen LogP contribution < -0.4 is 0 Å². The number of benzene rings is 1. The number of aryl methyl sites for hydroxylation is 2. The van der Waals surface area contributed by atoms with E-state index in [1.807, 2.05) is 0 Å². The highest BCUT2D eigenvalue weighted by Gasteiger charge is 2.22. The normalized spacial score (nSPS) is 12.7. The van der Waals surface area contributed by atoms with E-state index in [4.69, 9.17) is 9.15 Å². The van der Waals surface area contributed by atoms with E-state index in [1.54, 1.807) is 17.7 Å². The molecule has 0 saturated carbocycles. The van der Waals surface area contributed by atoms with Crippen LogP contribution in [0, 0.1) is 0 Å². The van der Waals surface area contributed by atoms with Gasteiger partial charge in [0.1, 0.15) is 18.2 Å². The Kier molecular flexibility index (Phi) is 6.98. The van der Waals surface area contributed by atoms with Crippen LogP contribution in [0.15, 0.2) is 44.7 Å². The van der Waals surface area contributed by atoms with Gasteiger partial charge in [-0.2, -0.15) is 0 Å². The molecule has 0 amide bonds. The lowest BCUT2D eigenvalue weighted by Crippen LogP contribution is -2.22. The highest BCUT2D eigenvalue weighted by atomic mass is 32.2. The molecule has 0 unspecified atom stereocenters. The molecule has 2 aromatic heterocycles. The molecule has 3 aromatic rings. The van der Waals surface area contributed by atoms with E-state index in [0.29, 0.717) is 11.3 Å². The summed E-state index contributed by atoms with van der Waals surface area (Å²) in [4.78, 5) is 16.8. The summed E-state index contributed by atoms with van der Waals surface area (Å²) >= 11 is 0. The number of nitrogens with zero attached hydrogens (tertiary/aromatic N) is 4. The summed E-state index contributed by atoms with van der Waals surface area (Å²) in [5, 5.41) is -0.228. The van der Waals surface area contributed by atoms with Gasteiger partial charge in [0.15, 0.2) is 0 Å². The molecule has 0 aliphatic carbocycles. The number of ether oxygens (including phenoxy) is 1. The van der Waals surface area contributed by atoms with Crippen molar-refractivity contribution in [2.45, 2.75) is 29.4 Å². The molecule has 11 nitrogen and oxygen atoms in total. The van der Waals surface area contributed by atoms with Crippen LogP contribution in [-0.2, 0) is 49.7 Å². The number of carbonyl (C=O) groups is 1. The van der Waals surface area contributed by atoms with E-state index in [1.165, 1.54) is 52.5 Å². The van der Waals surface area contributed by atoms with Gasteiger partial charge in [0, 0.05) is 41.7 Å². The minimum Gasteiger partial charge on any atom is -0.457 e. The Hall–Kier alpha value is -2.74. The van der Waals surface area contributed by atoms with Crippen molar-refractivity contribution in [3.63, 3.8) is 0 Å². The first-order valence-corrected chi connectivity index (χ1v) is 12.8. The lowest BCUT2D eigenvalue weighted by molar-refractivity contribution is -0.145. The number of carbonyl (C=O) groups excluding carboxylic acids is 1. The smallest absolute Gasteiger partial charge is 0.306 e. The van der Waals surface area contributed by atoms with Gasteiger partial charge in [-0.05, 0) is 30.3 Å². The van der Waals surface area contributed by atoms with E-state index >= 15 is 0 Å². The van der Waals surface area contributed by atoms with E-state index < -0.39 is 26.0 Å². The summed E-state index contributed by atoms with van der Waals surface area (Å²) in [6.45, 7) is -0.198. The minimum atomic E-state index is -3.70. The highest BCUT2D eigenvalue weighted by molar-refractivity contribution is 7.89. The van der Waals surface area contributed by atoms with Gasteiger partial charge >= 0.3 is 5.97 Å². The summed E-state index contributed by atoms with van der Waals surface area (Å²) in [5.74, 6) is 0.297. The fourth-order valence-electron chi connectivity index (χ4n) is 3.02. The van der Waals surface area contributed by atoms with Gasteiger partial charge in [-0.25, -0.2) is 30.4 Å². The van der Waals surface area contributed by atoms with Crippen LogP contribution in [0.2, 0.25) is 0 Å². The van der Waals surface area contributed by atoms with Gasteiger partial charge in [0.05, 0.1) is 22.3 Å². The van der Waals surface area contributed by atoms with E-state index in [9.17, 15) is 21.6 Å². The third-order valence-corrected chi connectivity index (χ3v) is 8.52. The summed E-state index contributed by atoms with van der Waals surface area (Å²) in [7, 11) is 0.194. The average molecular weight is 499 g/mol. The first-order valence-electron chi connectivity index (χ1n) is 9.89. The van der Waals surface area contributed by atoms with Gasteiger partial charge < -0.3 is 13.7 Å². The molecular formula is C20H26N4O7S2. The van der Waals surface area contributed by atoms with Gasteiger partial charge in [-0.1, -0.05) is 0 Å². The van der Waals surface area contributed by atoms with Crippen LogP contribution in [0.25, 0.3) is 11.0 Å². The van der Waals surface area contributed by atoms with Crippen molar-refractivity contribution in [3.05, 3.63) is 41.9 Å². The fourth-order valence-corrected chi connectivity index (χ4v) is 4.75. The number of fused-ring (bicyclic) bond motifs is 1. The number of hydrogen-bond acceptors (Lipinski definition) is 8. The molecule has 33 heavy (non-hydrogen) atoms. The zero-order valence-electron chi connectivity index (χ0n) is 19.0. The molecule has 13 heteroatoms. The molecule has 0 saturated heterocycles. The molecule has 0 spiro atoms. The number of sulfonamides is 2. The Morgan fingerprint density at radius 1 is 1.03 bits per heavy atom. The standard InChI is InChI=1S/C20H26N4O7S2/c1-22(2)32(26,27)15-7-8-17-16(12-15)21-18(24(17)5)9-10-19(25)30-13-14-6-11-20(31-14)33(28,29)23(3)4/h6-8,11-12H,9-10,13H2,1-5H3. The van der Waals surface area contributed by atoms with Crippen molar-refractivity contribution < 1.29 is 30.8 Å². The molecule has 0 atom stereocenters. The van der Waals surface area contributed by atoms with E-state index in [-0.39, 0.29) is 35.2 Å². The number of esters is 1. The molecule has 180 valence electrons. The zero-order valence-corrected chi connectivity index (χ0v) is 20.6. The Morgan fingerprint density at radius 3 is 2.33 bits per heavy atom. The molecule has 0 bridgehead atoms. The molecule has 1 aromatic carbocycles. The predicted octanol–water partition coefficient (Wildman–Crippen LogP) is 1.34. The van der Waals surface area contributed by atoms with Crippen LogP contribution in [0.3, 0.4) is 0 Å². The summed E-state index contributed by atoms with van der Waals surface area (Å²) in [5.41, 5.74) is 1.25. The monoisotopic (exact) mass is 498 g/mol. The zero-order chi connectivity index (χ0) is 24.6. The van der Waals surface area contributed by atoms with E-state index in [2.05, 4.69) is 4.98 Å². The Balaban J connectivity index is 1.64. The van der Waals surface area contributed by atoms with Gasteiger partial charge in [0.25, 0.3) is 10.0 Å². The Labute approximate surface area is 192 Å². The van der Waals surface area contributed by atoms with Crippen LogP contribution in [-0.4, -0.2) is 69.2 Å². The maximum atomic E-state index is 12.3. The quantitative estimate of drug-likeness (QED) is 0.404. The topological polar surface area (TPSA) is 132 Å². The third kappa shape index (κ3) is 5.11. The van der Waals surface area contributed by atoms with Crippen molar-refractivity contribution in [3.8, 4) is 0 Å². The maximum absolute atomic E-state index is 12.3. The van der Waals surface area contributed by atoms with Crippen molar-refractivity contribution in [2.24, 2.45) is 7.05 Å². The van der Waals surface area contributed by atoms with E-state index in [0.717, 1.165) is 14.1 Å². The fraction of sp³-hybridized carbons (Fsp3) is 0.400. The largest absolute Gasteiger partial charge is 0.457 e. The predicted molar refractivity (Wildman–Crippen MR) is 119 cm³/mol. The Morgan fingerprint density at radius 2 is 1.70 bits per heavy atom. The molecule has 3 rings (SSSR count). The summed E-state index contributed by atoms with van der Waals surface area (Å²) in [6.07, 6.45) is 0.307.